The van der Waals surface area contributed by atoms with Crippen LogP contribution in [-0.2, 0) is 0 Å². The molecular formula is C102H66N10. The molecule has 0 saturated heterocycles. The number of para-hydroxylation sites is 4. The molecule has 22 rings (SSSR count). The van der Waals surface area contributed by atoms with Crippen LogP contribution in [0, 0.1) is 0 Å². The van der Waals surface area contributed by atoms with Crippen molar-refractivity contribution in [3.05, 3.63) is 401 Å². The van der Waals surface area contributed by atoms with Crippen LogP contribution in [0.25, 0.3) is 200 Å². The highest BCUT2D eigenvalue weighted by atomic mass is 15.0. The maximum Gasteiger partial charge on any atom is 0.160 e. The van der Waals surface area contributed by atoms with Gasteiger partial charge in [-0.3, -0.25) is 9.97 Å². The summed E-state index contributed by atoms with van der Waals surface area (Å²) in [6.07, 6.45) is 3.77. The summed E-state index contributed by atoms with van der Waals surface area (Å²) in [7, 11) is 0. The zero-order valence-corrected chi connectivity index (χ0v) is 60.6. The van der Waals surface area contributed by atoms with Crippen molar-refractivity contribution in [1.82, 2.24) is 48.2 Å². The topological polar surface area (TPSA) is 97.1 Å². The molecule has 10 nitrogen and oxygen atoms in total. The Hall–Kier alpha value is -15.3. The Bertz CT molecular complexity index is 6800. The molecule has 8 heterocycles. The van der Waals surface area contributed by atoms with E-state index in [1.807, 2.05) is 97.3 Å². The average molecular weight is 1430 g/mol. The van der Waals surface area contributed by atoms with Crippen molar-refractivity contribution in [2.24, 2.45) is 0 Å². The summed E-state index contributed by atoms with van der Waals surface area (Å²) in [5.74, 6) is 1.39. The Morgan fingerprint density at radius 2 is 0.491 bits per heavy atom. The van der Waals surface area contributed by atoms with Gasteiger partial charge in [0.1, 0.15) is 0 Å². The van der Waals surface area contributed by atoms with E-state index in [2.05, 4.69) is 322 Å². The van der Waals surface area contributed by atoms with E-state index in [4.69, 9.17) is 29.9 Å². The van der Waals surface area contributed by atoms with E-state index in [0.29, 0.717) is 11.6 Å². The fourth-order valence-corrected chi connectivity index (χ4v) is 16.5. The van der Waals surface area contributed by atoms with Crippen molar-refractivity contribution in [2.75, 3.05) is 0 Å². The molecule has 0 aliphatic rings. The van der Waals surface area contributed by atoms with Crippen LogP contribution in [0.2, 0.25) is 0 Å². The lowest BCUT2D eigenvalue weighted by atomic mass is 9.98. The van der Waals surface area contributed by atoms with Gasteiger partial charge >= 0.3 is 0 Å². The smallest absolute Gasteiger partial charge is 0.160 e. The third kappa shape index (κ3) is 11.4. The highest BCUT2D eigenvalue weighted by Crippen LogP contribution is 2.45. The van der Waals surface area contributed by atoms with Gasteiger partial charge in [-0.25, -0.2) is 19.9 Å². The van der Waals surface area contributed by atoms with E-state index in [9.17, 15) is 0 Å². The standard InChI is InChI=1S/2C51H33N5/c1-4-15-34(16-5-1)43-33-44(54-51(53-43)35-17-6-2-7-18-35)37-19-12-22-39(31-37)56-45-25-11-10-23-41(45)49-40(24-13-26-47(49)56)36-28-29-46-42(32-36)50-48(27-14-30-52-50)55(46)38-20-8-3-9-21-38;1-4-15-34(16-5-1)43-33-44(35-17-6-2-7-18-35)54-51(53-43)37-19-12-22-39(31-37)56-45-25-11-10-23-41(45)49-40(24-13-26-47(49)56)36-28-29-46-42(32-36)50-48(27-14-30-52-50)55(46)38-20-8-3-9-21-38/h2*1-33H. The van der Waals surface area contributed by atoms with E-state index < -0.39 is 0 Å². The SMILES string of the molecule is c1ccc(-c2cc(-c3cccc(-n4c5ccccc5c5c(-c6ccc7c(c6)c6ncccc6n7-c6ccccc6)cccc54)c3)nc(-c3ccccc3)n2)cc1.c1ccc(-c2cc(-c3ccccc3)nc(-c3cccc(-n4c5ccccc5c5c(-c6ccc7c(c6)c6ncccc6n7-c6ccccc6)cccc54)c3)n2)cc1. The van der Waals surface area contributed by atoms with Gasteiger partial charge in [0.05, 0.1) is 77.9 Å². The van der Waals surface area contributed by atoms with Gasteiger partial charge in [0.25, 0.3) is 0 Å². The summed E-state index contributed by atoms with van der Waals surface area (Å²) >= 11 is 0. The molecule has 0 saturated carbocycles. The summed E-state index contributed by atoms with van der Waals surface area (Å²) in [6.45, 7) is 0. The molecule has 0 spiro atoms. The highest BCUT2D eigenvalue weighted by molar-refractivity contribution is 6.19. The van der Waals surface area contributed by atoms with Crippen LogP contribution < -0.4 is 0 Å². The van der Waals surface area contributed by atoms with Gasteiger partial charge in [0.2, 0.25) is 0 Å². The minimum absolute atomic E-state index is 0.685. The first kappa shape index (κ1) is 65.1. The van der Waals surface area contributed by atoms with Crippen molar-refractivity contribution in [1.29, 1.82) is 0 Å². The lowest BCUT2D eigenvalue weighted by Crippen LogP contribution is -1.98. The number of fused-ring (bicyclic) bond motifs is 12. The lowest BCUT2D eigenvalue weighted by Gasteiger charge is -2.12. The van der Waals surface area contributed by atoms with Gasteiger partial charge < -0.3 is 18.3 Å². The minimum Gasteiger partial charge on any atom is -0.309 e. The van der Waals surface area contributed by atoms with Gasteiger partial charge in [-0.1, -0.05) is 255 Å². The summed E-state index contributed by atoms with van der Waals surface area (Å²) < 4.78 is 9.38. The molecule has 0 atom stereocenters. The number of nitrogens with zero attached hydrogens (tertiary/aromatic N) is 10. The van der Waals surface area contributed by atoms with Crippen LogP contribution in [0.1, 0.15) is 0 Å². The maximum absolute atomic E-state index is 5.14. The van der Waals surface area contributed by atoms with Crippen molar-refractivity contribution in [3.8, 4) is 113 Å². The molecule has 524 valence electrons. The number of hydrogen-bond acceptors (Lipinski definition) is 6. The average Bonchev–Trinajstić information content (AvgIpc) is 1.57. The summed E-state index contributed by atoms with van der Waals surface area (Å²) in [5.41, 5.74) is 29.7. The minimum atomic E-state index is 0.685. The summed E-state index contributed by atoms with van der Waals surface area (Å²) in [4.78, 5) is 30.2. The Kier molecular flexibility index (Phi) is 16.0. The first-order valence-corrected chi connectivity index (χ1v) is 37.7. The highest BCUT2D eigenvalue weighted by Gasteiger charge is 2.24. The van der Waals surface area contributed by atoms with Crippen molar-refractivity contribution in [2.45, 2.75) is 0 Å². The van der Waals surface area contributed by atoms with Gasteiger partial charge in [-0.2, -0.15) is 0 Å². The molecular weight excluding hydrogens is 1370 g/mol. The zero-order chi connectivity index (χ0) is 74.0. The Balaban J connectivity index is 0.000000141. The number of benzene rings is 14. The fraction of sp³-hybridized carbons (Fsp3) is 0. The molecule has 0 aliphatic carbocycles. The molecule has 0 N–H and O–H groups in total. The van der Waals surface area contributed by atoms with E-state index in [-0.39, 0.29) is 0 Å². The number of aromatic nitrogens is 10. The maximum atomic E-state index is 5.14. The second-order valence-corrected chi connectivity index (χ2v) is 28.1. The first-order valence-electron chi connectivity index (χ1n) is 37.7. The quantitative estimate of drug-likeness (QED) is 0.121. The molecule has 0 radical (unpaired) electrons. The molecule has 10 heteroatoms. The normalized spacial score (nSPS) is 11.6. The van der Waals surface area contributed by atoms with Gasteiger partial charge in [-0.15, -0.1) is 0 Å². The molecule has 0 bridgehead atoms. The molecule has 0 aliphatic heterocycles. The van der Waals surface area contributed by atoms with E-state index in [0.717, 1.165) is 156 Å². The monoisotopic (exact) mass is 1430 g/mol. The van der Waals surface area contributed by atoms with Gasteiger partial charge in [0.15, 0.2) is 11.6 Å². The number of rotatable bonds is 12. The number of hydrogen-bond donors (Lipinski definition) is 0. The van der Waals surface area contributed by atoms with Crippen LogP contribution >= 0.6 is 0 Å². The Labute approximate surface area is 645 Å². The molecule has 22 aromatic rings. The zero-order valence-electron chi connectivity index (χ0n) is 60.6. The predicted octanol–water partition coefficient (Wildman–Crippen LogP) is 25.5. The van der Waals surface area contributed by atoms with Gasteiger partial charge in [0, 0.05) is 101 Å². The van der Waals surface area contributed by atoms with E-state index in [1.165, 1.54) is 32.7 Å². The van der Waals surface area contributed by atoms with E-state index >= 15 is 0 Å². The summed E-state index contributed by atoms with van der Waals surface area (Å²) in [5, 5.41) is 7.08. The lowest BCUT2D eigenvalue weighted by molar-refractivity contribution is 1.16. The van der Waals surface area contributed by atoms with Crippen LogP contribution in [-0.4, -0.2) is 48.2 Å². The third-order valence-corrected chi connectivity index (χ3v) is 21.5. The second-order valence-electron chi connectivity index (χ2n) is 28.1. The Morgan fingerprint density at radius 3 is 0.938 bits per heavy atom. The molecule has 0 unspecified atom stereocenters. The summed E-state index contributed by atoms with van der Waals surface area (Å²) in [6, 6.07) is 136. The molecule has 8 aromatic heterocycles. The molecule has 0 amide bonds. The van der Waals surface area contributed by atoms with Crippen molar-refractivity contribution >= 4 is 87.5 Å². The van der Waals surface area contributed by atoms with E-state index in [1.54, 1.807) is 0 Å². The third-order valence-electron chi connectivity index (χ3n) is 21.5. The molecule has 14 aromatic carbocycles. The predicted molar refractivity (Wildman–Crippen MR) is 460 cm³/mol. The largest absolute Gasteiger partial charge is 0.309 e. The van der Waals surface area contributed by atoms with Crippen LogP contribution in [0.3, 0.4) is 0 Å². The second kappa shape index (κ2) is 27.5. The molecule has 0 fully saturated rings. The van der Waals surface area contributed by atoms with Crippen LogP contribution in [0.15, 0.2) is 401 Å². The Morgan fingerprint density at radius 1 is 0.179 bits per heavy atom. The number of pyridine rings is 2. The van der Waals surface area contributed by atoms with Crippen LogP contribution in [0.5, 0.6) is 0 Å². The first-order chi connectivity index (χ1) is 55.6. The van der Waals surface area contributed by atoms with Crippen molar-refractivity contribution in [3.63, 3.8) is 0 Å². The van der Waals surface area contributed by atoms with Crippen LogP contribution in [0.4, 0.5) is 0 Å². The van der Waals surface area contributed by atoms with Gasteiger partial charge in [-0.05, 0) is 156 Å². The molecule has 112 heavy (non-hydrogen) atoms. The fourth-order valence-electron chi connectivity index (χ4n) is 16.5. The van der Waals surface area contributed by atoms with Crippen molar-refractivity contribution < 1.29 is 0 Å².